The summed E-state index contributed by atoms with van der Waals surface area (Å²) < 4.78 is 10.3. The van der Waals surface area contributed by atoms with E-state index in [2.05, 4.69) is 15.7 Å². The van der Waals surface area contributed by atoms with Crippen molar-refractivity contribution < 1.29 is 19.5 Å². The average molecular weight is 327 g/mol. The number of methoxy groups -OCH3 is 2. The number of amides is 1. The Kier molecular flexibility index (Phi) is 5.90. The van der Waals surface area contributed by atoms with Crippen molar-refractivity contribution in [1.29, 1.82) is 0 Å². The molecule has 0 unspecified atom stereocenters. The van der Waals surface area contributed by atoms with Gasteiger partial charge in [0, 0.05) is 11.1 Å². The van der Waals surface area contributed by atoms with Gasteiger partial charge in [0.2, 0.25) is 0 Å². The lowest BCUT2D eigenvalue weighted by Crippen LogP contribution is -2.20. The number of nitrogens with one attached hydrogen (secondary N) is 1. The van der Waals surface area contributed by atoms with Gasteiger partial charge in [-0.1, -0.05) is 35.5 Å². The molecule has 0 heterocycles. The monoisotopic (exact) mass is 327 g/mol. The molecular formula is C17H17N3O4. The number of hydrogen-bond acceptors (Lipinski definition) is 6. The van der Waals surface area contributed by atoms with Gasteiger partial charge in [0.05, 0.1) is 20.4 Å². The Morgan fingerprint density at radius 1 is 1.04 bits per heavy atom. The van der Waals surface area contributed by atoms with E-state index in [1.165, 1.54) is 14.2 Å². The minimum atomic E-state index is -0.435. The molecule has 0 spiro atoms. The Morgan fingerprint density at radius 2 is 1.75 bits per heavy atom. The molecule has 0 aliphatic heterocycles. The average Bonchev–Trinajstić information content (AvgIpc) is 2.64. The van der Waals surface area contributed by atoms with Crippen LogP contribution in [0.3, 0.4) is 0 Å². The van der Waals surface area contributed by atoms with E-state index in [1.54, 1.807) is 30.3 Å². The van der Waals surface area contributed by atoms with Crippen LogP contribution in [0, 0.1) is 0 Å². The van der Waals surface area contributed by atoms with Crippen molar-refractivity contribution in [2.24, 2.45) is 10.3 Å². The van der Waals surface area contributed by atoms with E-state index in [0.717, 1.165) is 6.21 Å². The molecule has 0 aliphatic rings. The molecule has 124 valence electrons. The fourth-order valence-corrected chi connectivity index (χ4v) is 1.98. The van der Waals surface area contributed by atoms with Crippen molar-refractivity contribution in [3.05, 3.63) is 59.7 Å². The van der Waals surface area contributed by atoms with Crippen molar-refractivity contribution >= 4 is 17.8 Å². The minimum absolute atomic E-state index is 0.312. The number of carbonyl (C=O) groups is 1. The highest BCUT2D eigenvalue weighted by atomic mass is 16.5. The number of nitrogens with zero attached hydrogens (tertiary/aromatic N) is 2. The lowest BCUT2D eigenvalue weighted by atomic mass is 10.1. The van der Waals surface area contributed by atoms with E-state index < -0.39 is 5.91 Å². The lowest BCUT2D eigenvalue weighted by molar-refractivity contribution is 0.0954. The van der Waals surface area contributed by atoms with Gasteiger partial charge in [-0.2, -0.15) is 5.10 Å². The molecule has 0 aliphatic carbocycles. The van der Waals surface area contributed by atoms with Gasteiger partial charge in [-0.05, 0) is 18.2 Å². The Labute approximate surface area is 139 Å². The van der Waals surface area contributed by atoms with E-state index >= 15 is 0 Å². The van der Waals surface area contributed by atoms with Crippen molar-refractivity contribution in [3.8, 4) is 11.5 Å². The summed E-state index contributed by atoms with van der Waals surface area (Å²) in [6.45, 7) is 0. The minimum Gasteiger partial charge on any atom is -0.493 e. The number of benzene rings is 2. The highest BCUT2D eigenvalue weighted by molar-refractivity contribution is 6.38. The second kappa shape index (κ2) is 8.33. The molecule has 7 heteroatoms. The number of rotatable bonds is 6. The zero-order valence-corrected chi connectivity index (χ0v) is 13.3. The Balaban J connectivity index is 2.21. The Bertz CT molecular complexity index is 758. The third kappa shape index (κ3) is 4.10. The molecule has 2 rings (SSSR count). The van der Waals surface area contributed by atoms with Gasteiger partial charge < -0.3 is 14.7 Å². The molecule has 0 bridgehead atoms. The van der Waals surface area contributed by atoms with Crippen molar-refractivity contribution in [2.45, 2.75) is 0 Å². The van der Waals surface area contributed by atoms with Crippen molar-refractivity contribution in [2.75, 3.05) is 14.2 Å². The molecule has 1 amide bonds. The molecule has 0 atom stereocenters. The van der Waals surface area contributed by atoms with E-state index in [4.69, 9.17) is 14.7 Å². The summed E-state index contributed by atoms with van der Waals surface area (Å²) in [6.07, 6.45) is 1.14. The normalized spacial score (nSPS) is 11.3. The third-order valence-corrected chi connectivity index (χ3v) is 3.17. The first-order valence-electron chi connectivity index (χ1n) is 7.02. The van der Waals surface area contributed by atoms with Crippen molar-refractivity contribution in [1.82, 2.24) is 5.43 Å². The summed E-state index contributed by atoms with van der Waals surface area (Å²) in [5.74, 6) is 0.528. The molecule has 24 heavy (non-hydrogen) atoms. The number of hydrazone groups is 1. The molecule has 2 aromatic carbocycles. The molecule has 2 aromatic rings. The van der Waals surface area contributed by atoms with Crippen LogP contribution in [-0.2, 0) is 0 Å². The Hall–Kier alpha value is -3.35. The highest BCUT2D eigenvalue weighted by Crippen LogP contribution is 2.27. The predicted octanol–water partition coefficient (Wildman–Crippen LogP) is 2.30. The molecule has 0 fully saturated rings. The first kappa shape index (κ1) is 17.0. The quantitative estimate of drug-likeness (QED) is 0.484. The maximum Gasteiger partial charge on any atom is 0.271 e. The number of oxime groups is 1. The van der Waals surface area contributed by atoms with E-state index in [1.807, 2.05) is 18.2 Å². The smallest absolute Gasteiger partial charge is 0.271 e. The fraction of sp³-hybridized carbons (Fsp3) is 0.118. The number of ether oxygens (including phenoxy) is 2. The number of carbonyl (C=O) groups excluding carboxylic acids is 1. The van der Waals surface area contributed by atoms with Gasteiger partial charge in [0.15, 0.2) is 11.5 Å². The van der Waals surface area contributed by atoms with Gasteiger partial charge in [0.1, 0.15) is 5.71 Å². The summed E-state index contributed by atoms with van der Waals surface area (Å²) in [7, 11) is 3.01. The van der Waals surface area contributed by atoms with Gasteiger partial charge in [-0.3, -0.25) is 4.79 Å². The maximum atomic E-state index is 12.2. The first-order valence-corrected chi connectivity index (χ1v) is 7.02. The second-order valence-corrected chi connectivity index (χ2v) is 4.62. The fourth-order valence-electron chi connectivity index (χ4n) is 1.98. The summed E-state index contributed by atoms with van der Waals surface area (Å²) in [6, 6.07) is 13.8. The van der Waals surface area contributed by atoms with Gasteiger partial charge in [0.25, 0.3) is 5.91 Å². The Morgan fingerprint density at radius 3 is 2.38 bits per heavy atom. The van der Waals surface area contributed by atoms with E-state index in [0.29, 0.717) is 28.3 Å². The van der Waals surface area contributed by atoms with Crippen molar-refractivity contribution in [3.63, 3.8) is 0 Å². The third-order valence-electron chi connectivity index (χ3n) is 3.17. The van der Waals surface area contributed by atoms with Gasteiger partial charge >= 0.3 is 0 Å². The maximum absolute atomic E-state index is 12.2. The topological polar surface area (TPSA) is 92.5 Å². The molecule has 7 nitrogen and oxygen atoms in total. The highest BCUT2D eigenvalue weighted by Gasteiger charge is 2.11. The zero-order chi connectivity index (χ0) is 17.4. The summed E-state index contributed by atoms with van der Waals surface area (Å²) in [5.41, 5.74) is 3.78. The van der Waals surface area contributed by atoms with Crippen LogP contribution in [-0.4, -0.2) is 37.3 Å². The van der Waals surface area contributed by atoms with E-state index in [9.17, 15) is 4.79 Å². The summed E-state index contributed by atoms with van der Waals surface area (Å²) >= 11 is 0. The molecule has 0 radical (unpaired) electrons. The zero-order valence-electron chi connectivity index (χ0n) is 13.3. The molecule has 0 saturated heterocycles. The SMILES string of the molecule is COc1ccc(C(=O)N/N=C(\C=N\O)c2ccccc2)cc1OC. The summed E-state index contributed by atoms with van der Waals surface area (Å²) in [4.78, 5) is 12.2. The first-order chi connectivity index (χ1) is 11.7. The predicted molar refractivity (Wildman–Crippen MR) is 90.3 cm³/mol. The lowest BCUT2D eigenvalue weighted by Gasteiger charge is -2.09. The largest absolute Gasteiger partial charge is 0.493 e. The van der Waals surface area contributed by atoms with Crippen LogP contribution in [0.4, 0.5) is 0 Å². The van der Waals surface area contributed by atoms with Crippen LogP contribution in [0.5, 0.6) is 11.5 Å². The van der Waals surface area contributed by atoms with Crippen LogP contribution in [0.25, 0.3) is 0 Å². The molecule has 0 saturated carbocycles. The molecule has 0 aromatic heterocycles. The number of hydrogen-bond donors (Lipinski definition) is 2. The van der Waals surface area contributed by atoms with Gasteiger partial charge in [-0.25, -0.2) is 5.43 Å². The summed E-state index contributed by atoms with van der Waals surface area (Å²) in [5, 5.41) is 15.7. The van der Waals surface area contributed by atoms with Crippen LogP contribution in [0.1, 0.15) is 15.9 Å². The second-order valence-electron chi connectivity index (χ2n) is 4.62. The van der Waals surface area contributed by atoms with Gasteiger partial charge in [-0.15, -0.1) is 0 Å². The standard InChI is InChI=1S/C17H17N3O4/c1-23-15-9-8-13(10-16(15)24-2)17(21)20-19-14(11-18-22)12-6-4-3-5-7-12/h3-11,22H,1-2H3,(H,20,21)/b18-11+,19-14+. The van der Waals surface area contributed by atoms with Crippen LogP contribution < -0.4 is 14.9 Å². The van der Waals surface area contributed by atoms with E-state index in [-0.39, 0.29) is 0 Å². The van der Waals surface area contributed by atoms with Crippen LogP contribution in [0.15, 0.2) is 58.8 Å². The van der Waals surface area contributed by atoms with Crippen LogP contribution >= 0.6 is 0 Å². The van der Waals surface area contributed by atoms with Crippen LogP contribution in [0.2, 0.25) is 0 Å². The molecule has 2 N–H and O–H groups in total. The molecular weight excluding hydrogens is 310 g/mol.